The van der Waals surface area contributed by atoms with E-state index in [1.165, 1.54) is 4.90 Å². The van der Waals surface area contributed by atoms with Crippen LogP contribution in [0.5, 0.6) is 5.75 Å². The molecule has 0 bridgehead atoms. The van der Waals surface area contributed by atoms with Crippen LogP contribution in [0.2, 0.25) is 0 Å². The van der Waals surface area contributed by atoms with Gasteiger partial charge < -0.3 is 19.2 Å². The maximum absolute atomic E-state index is 13.3. The fourth-order valence-corrected chi connectivity index (χ4v) is 3.84. The van der Waals surface area contributed by atoms with E-state index in [-0.39, 0.29) is 24.3 Å². The highest BCUT2D eigenvalue weighted by Gasteiger charge is 2.42. The van der Waals surface area contributed by atoms with Crippen molar-refractivity contribution in [3.8, 4) is 5.75 Å². The highest BCUT2D eigenvalue weighted by molar-refractivity contribution is 5.99. The predicted octanol–water partition coefficient (Wildman–Crippen LogP) is 3.76. The van der Waals surface area contributed by atoms with E-state index < -0.39 is 11.9 Å². The summed E-state index contributed by atoms with van der Waals surface area (Å²) < 4.78 is 11.7. The Labute approximate surface area is 174 Å². The Morgan fingerprint density at radius 2 is 1.93 bits per heavy atom. The van der Waals surface area contributed by atoms with Crippen LogP contribution in [0.25, 0.3) is 11.0 Å². The van der Waals surface area contributed by atoms with Gasteiger partial charge in [-0.15, -0.1) is 0 Å². The third kappa shape index (κ3) is 3.59. The van der Waals surface area contributed by atoms with Crippen molar-refractivity contribution in [2.45, 2.75) is 26.3 Å². The third-order valence-electron chi connectivity index (χ3n) is 5.35. The maximum atomic E-state index is 13.3. The quantitative estimate of drug-likeness (QED) is 0.645. The number of β-amino-alcohol motifs (C(OH)–C–C–N with tert-alkyl or cyclic N) is 1. The van der Waals surface area contributed by atoms with Crippen molar-refractivity contribution < 1.29 is 19.1 Å². The monoisotopic (exact) mass is 407 g/mol. The topological polar surface area (TPSA) is 80.0 Å². The zero-order chi connectivity index (χ0) is 21.3. The Morgan fingerprint density at radius 1 is 1.13 bits per heavy atom. The summed E-state index contributed by atoms with van der Waals surface area (Å²) in [6.07, 6.45) is 0.932. The number of carbonyl (C=O) groups is 1. The third-order valence-corrected chi connectivity index (χ3v) is 5.35. The first-order chi connectivity index (χ1) is 14.5. The summed E-state index contributed by atoms with van der Waals surface area (Å²) in [4.78, 5) is 27.8. The normalized spacial score (nSPS) is 15.8. The molecule has 1 atom stereocenters. The van der Waals surface area contributed by atoms with Crippen molar-refractivity contribution in [3.05, 3.63) is 75.6 Å². The molecule has 0 aliphatic carbocycles. The highest BCUT2D eigenvalue weighted by Crippen LogP contribution is 2.38. The molecule has 0 saturated carbocycles. The summed E-state index contributed by atoms with van der Waals surface area (Å²) in [5, 5.41) is 9.98. The summed E-state index contributed by atoms with van der Waals surface area (Å²) in [5.41, 5.74) is 1.22. The lowest BCUT2D eigenvalue weighted by Crippen LogP contribution is -2.32. The minimum absolute atomic E-state index is 0.0447. The number of ether oxygens (including phenoxy) is 1. The van der Waals surface area contributed by atoms with Crippen LogP contribution in [0.4, 0.5) is 0 Å². The van der Waals surface area contributed by atoms with E-state index in [9.17, 15) is 14.7 Å². The number of benzene rings is 2. The lowest BCUT2D eigenvalue weighted by molar-refractivity contribution is 0.0691. The Morgan fingerprint density at radius 3 is 2.70 bits per heavy atom. The van der Waals surface area contributed by atoms with Crippen LogP contribution < -0.4 is 10.2 Å². The molecule has 2 aromatic carbocycles. The van der Waals surface area contributed by atoms with Gasteiger partial charge in [0, 0.05) is 6.54 Å². The molecule has 0 radical (unpaired) electrons. The molecule has 1 aliphatic rings. The van der Waals surface area contributed by atoms with Crippen molar-refractivity contribution in [1.82, 2.24) is 4.90 Å². The van der Waals surface area contributed by atoms with Gasteiger partial charge in [-0.05, 0) is 42.2 Å². The van der Waals surface area contributed by atoms with Gasteiger partial charge in [-0.3, -0.25) is 9.59 Å². The van der Waals surface area contributed by atoms with Gasteiger partial charge in [-0.25, -0.2) is 0 Å². The lowest BCUT2D eigenvalue weighted by Gasteiger charge is -2.24. The van der Waals surface area contributed by atoms with Crippen LogP contribution in [-0.4, -0.2) is 35.7 Å². The molecule has 0 fully saturated rings. The number of hydrogen-bond acceptors (Lipinski definition) is 5. The average molecular weight is 407 g/mol. The summed E-state index contributed by atoms with van der Waals surface area (Å²) in [7, 11) is 0. The summed E-state index contributed by atoms with van der Waals surface area (Å²) >= 11 is 0. The SMILES string of the molecule is CC(C)CCOc1cccc([C@H]2c3c(oc4ccccc4c3=O)C(=O)N2CCO)c1. The van der Waals surface area contributed by atoms with Gasteiger partial charge in [0.05, 0.1) is 30.2 Å². The summed E-state index contributed by atoms with van der Waals surface area (Å²) in [6, 6.07) is 13.7. The first-order valence-electron chi connectivity index (χ1n) is 10.2. The molecule has 4 rings (SSSR count). The molecule has 1 N–H and O–H groups in total. The van der Waals surface area contributed by atoms with Gasteiger partial charge >= 0.3 is 0 Å². The van der Waals surface area contributed by atoms with Crippen molar-refractivity contribution in [1.29, 1.82) is 0 Å². The second-order valence-corrected chi connectivity index (χ2v) is 7.90. The Kier molecular flexibility index (Phi) is 5.59. The van der Waals surface area contributed by atoms with Gasteiger partial charge in [0.2, 0.25) is 5.76 Å². The molecule has 1 amide bonds. The molecule has 3 aromatic rings. The molecule has 6 heteroatoms. The minimum atomic E-state index is -0.630. The second-order valence-electron chi connectivity index (χ2n) is 7.90. The standard InChI is InChI=1S/C24H25NO5/c1-15(2)10-13-29-17-7-5-6-16(14-17)21-20-22(27)18-8-3-4-9-19(18)30-23(20)24(28)25(21)11-12-26/h3-9,14-15,21,26H,10-13H2,1-2H3/t21-/m0/s1. The van der Waals surface area contributed by atoms with Crippen LogP contribution in [0.1, 0.15) is 48.0 Å². The van der Waals surface area contributed by atoms with E-state index in [1.807, 2.05) is 24.3 Å². The van der Waals surface area contributed by atoms with E-state index in [0.717, 1.165) is 12.0 Å². The Hall–Kier alpha value is -3.12. The van der Waals surface area contributed by atoms with E-state index >= 15 is 0 Å². The van der Waals surface area contributed by atoms with E-state index in [4.69, 9.17) is 9.15 Å². The molecule has 1 aromatic heterocycles. The highest BCUT2D eigenvalue weighted by atomic mass is 16.5. The average Bonchev–Trinajstić information content (AvgIpc) is 3.01. The number of hydrogen-bond donors (Lipinski definition) is 1. The van der Waals surface area contributed by atoms with Crippen molar-refractivity contribution in [3.63, 3.8) is 0 Å². The predicted molar refractivity (Wildman–Crippen MR) is 114 cm³/mol. The van der Waals surface area contributed by atoms with E-state index in [0.29, 0.717) is 34.8 Å². The summed E-state index contributed by atoms with van der Waals surface area (Å²) in [6.45, 7) is 4.75. The lowest BCUT2D eigenvalue weighted by atomic mass is 9.98. The number of amides is 1. The van der Waals surface area contributed by atoms with Crippen LogP contribution in [0.15, 0.2) is 57.7 Å². The maximum Gasteiger partial charge on any atom is 0.290 e. The van der Waals surface area contributed by atoms with Crippen LogP contribution in [0.3, 0.4) is 0 Å². The molecule has 2 heterocycles. The van der Waals surface area contributed by atoms with Crippen LogP contribution in [0, 0.1) is 5.92 Å². The van der Waals surface area contributed by atoms with Gasteiger partial charge in [-0.1, -0.05) is 38.1 Å². The smallest absolute Gasteiger partial charge is 0.290 e. The minimum Gasteiger partial charge on any atom is -0.494 e. The van der Waals surface area contributed by atoms with Crippen LogP contribution >= 0.6 is 0 Å². The Bertz CT molecular complexity index is 1130. The van der Waals surface area contributed by atoms with Gasteiger partial charge in [0.25, 0.3) is 5.91 Å². The van der Waals surface area contributed by atoms with Crippen molar-refractivity contribution in [2.75, 3.05) is 19.8 Å². The van der Waals surface area contributed by atoms with E-state index in [1.54, 1.807) is 24.3 Å². The van der Waals surface area contributed by atoms with Gasteiger partial charge in [0.1, 0.15) is 11.3 Å². The molecule has 0 spiro atoms. The zero-order valence-corrected chi connectivity index (χ0v) is 17.1. The van der Waals surface area contributed by atoms with E-state index in [2.05, 4.69) is 13.8 Å². The zero-order valence-electron chi connectivity index (χ0n) is 17.1. The molecular formula is C24H25NO5. The molecule has 30 heavy (non-hydrogen) atoms. The molecule has 0 saturated heterocycles. The number of rotatable bonds is 7. The number of carbonyl (C=O) groups excluding carboxylic acids is 1. The Balaban J connectivity index is 1.80. The number of fused-ring (bicyclic) bond motifs is 2. The second kappa shape index (κ2) is 8.32. The molecule has 1 aliphatic heterocycles. The summed E-state index contributed by atoms with van der Waals surface area (Å²) in [5.74, 6) is 0.870. The van der Waals surface area contributed by atoms with Gasteiger partial charge in [0.15, 0.2) is 5.43 Å². The van der Waals surface area contributed by atoms with Crippen LogP contribution in [-0.2, 0) is 0 Å². The van der Waals surface area contributed by atoms with Crippen molar-refractivity contribution in [2.24, 2.45) is 5.92 Å². The largest absolute Gasteiger partial charge is 0.494 e. The molecule has 156 valence electrons. The number of para-hydroxylation sites is 1. The van der Waals surface area contributed by atoms with Gasteiger partial charge in [-0.2, -0.15) is 0 Å². The first-order valence-corrected chi connectivity index (χ1v) is 10.2. The fraction of sp³-hybridized carbons (Fsp3) is 0.333. The fourth-order valence-electron chi connectivity index (χ4n) is 3.84. The molecule has 6 nitrogen and oxygen atoms in total. The number of aliphatic hydroxyl groups excluding tert-OH is 1. The number of nitrogens with zero attached hydrogens (tertiary/aromatic N) is 1. The number of aliphatic hydroxyl groups is 1. The first kappa shape index (κ1) is 20.2. The van der Waals surface area contributed by atoms with Crippen molar-refractivity contribution >= 4 is 16.9 Å². The molecule has 0 unspecified atom stereocenters. The molecular weight excluding hydrogens is 382 g/mol.